The van der Waals surface area contributed by atoms with Gasteiger partial charge in [0.25, 0.3) is 0 Å². The summed E-state index contributed by atoms with van der Waals surface area (Å²) >= 11 is 1.80. The van der Waals surface area contributed by atoms with Crippen LogP contribution in [0.1, 0.15) is 18.7 Å². The van der Waals surface area contributed by atoms with E-state index in [1.54, 1.807) is 11.3 Å². The Bertz CT molecular complexity index is 727. The predicted molar refractivity (Wildman–Crippen MR) is 102 cm³/mol. The molecule has 0 unspecified atom stereocenters. The van der Waals surface area contributed by atoms with E-state index in [0.717, 1.165) is 18.8 Å². The molecule has 2 aliphatic rings. The molecule has 120 valence electrons. The van der Waals surface area contributed by atoms with Crippen molar-refractivity contribution in [1.29, 1.82) is 0 Å². The van der Waals surface area contributed by atoms with Gasteiger partial charge in [-0.1, -0.05) is 0 Å². The number of nitrogens with zero attached hydrogens (tertiary/aromatic N) is 2. The van der Waals surface area contributed by atoms with E-state index >= 15 is 0 Å². The molecule has 23 heavy (non-hydrogen) atoms. The second kappa shape index (κ2) is 5.54. The van der Waals surface area contributed by atoms with Gasteiger partial charge in [-0.15, -0.1) is 0 Å². The third-order valence-corrected chi connectivity index (χ3v) is 5.75. The van der Waals surface area contributed by atoms with E-state index in [9.17, 15) is 0 Å². The van der Waals surface area contributed by atoms with Crippen LogP contribution < -0.4 is 5.32 Å². The number of likely N-dealkylation sites (tertiary alicyclic amines) is 1. The molecule has 0 saturated carbocycles. The van der Waals surface area contributed by atoms with Crippen LogP contribution in [0.2, 0.25) is 5.31 Å². The van der Waals surface area contributed by atoms with E-state index in [1.807, 2.05) is 0 Å². The first-order valence-corrected chi connectivity index (χ1v) is 8.75. The van der Waals surface area contributed by atoms with Gasteiger partial charge in [0, 0.05) is 0 Å². The van der Waals surface area contributed by atoms with Crippen molar-refractivity contribution in [3.05, 3.63) is 29.3 Å². The number of hydrogen-bond donors (Lipinski definition) is 1. The van der Waals surface area contributed by atoms with Crippen molar-refractivity contribution in [2.75, 3.05) is 32.5 Å². The first kappa shape index (κ1) is 16.4. The molecule has 0 aliphatic carbocycles. The number of rotatable bonds is 4. The first-order chi connectivity index (χ1) is 10.7. The Morgan fingerprint density at radius 3 is 2.70 bits per heavy atom. The van der Waals surface area contributed by atoms with Crippen LogP contribution in [0.15, 0.2) is 24.4 Å². The molecule has 1 fully saturated rings. The molecule has 5 heteroatoms. The molecule has 1 N–H and O–H groups in total. The summed E-state index contributed by atoms with van der Waals surface area (Å²) in [5, 5.41) is 5.02. The van der Waals surface area contributed by atoms with Crippen LogP contribution in [0.3, 0.4) is 0 Å². The third-order valence-electron chi connectivity index (χ3n) is 4.83. The van der Waals surface area contributed by atoms with Crippen LogP contribution in [-0.4, -0.2) is 55.0 Å². The van der Waals surface area contributed by atoms with Gasteiger partial charge in [-0.3, -0.25) is 0 Å². The van der Waals surface area contributed by atoms with Crippen molar-refractivity contribution in [2.45, 2.75) is 31.6 Å². The van der Waals surface area contributed by atoms with Crippen molar-refractivity contribution < 1.29 is 0 Å². The second-order valence-electron chi connectivity index (χ2n) is 7.26. The summed E-state index contributed by atoms with van der Waals surface area (Å²) in [7, 11) is 4.10. The Kier molecular flexibility index (Phi) is 3.94. The van der Waals surface area contributed by atoms with E-state index in [1.165, 1.54) is 15.5 Å². The SMILES string of the molecule is C=C(C#CC(C)(C)N(C)C)N1CC2(B=C2Nc2ccc(C)s2)C1. The van der Waals surface area contributed by atoms with Crippen LogP contribution >= 0.6 is 11.3 Å². The third kappa shape index (κ3) is 3.24. The van der Waals surface area contributed by atoms with Crippen LogP contribution in [0.25, 0.3) is 0 Å². The van der Waals surface area contributed by atoms with Crippen molar-refractivity contribution in [1.82, 2.24) is 9.80 Å². The Morgan fingerprint density at radius 2 is 2.13 bits per heavy atom. The molecule has 0 bridgehead atoms. The van der Waals surface area contributed by atoms with Crippen LogP contribution in [-0.2, 0) is 0 Å². The van der Waals surface area contributed by atoms with Crippen molar-refractivity contribution in [3.8, 4) is 11.8 Å². The van der Waals surface area contributed by atoms with Crippen molar-refractivity contribution in [2.24, 2.45) is 0 Å². The molecule has 0 atom stereocenters. The molecule has 1 aromatic heterocycles. The Balaban J connectivity index is 1.51. The fraction of sp³-hybridized carbons (Fsp3) is 0.500. The van der Waals surface area contributed by atoms with Gasteiger partial charge >= 0.3 is 144 Å². The molecule has 3 nitrogen and oxygen atoms in total. The zero-order valence-electron chi connectivity index (χ0n) is 14.7. The fourth-order valence-corrected chi connectivity index (χ4v) is 3.32. The molecule has 0 amide bonds. The summed E-state index contributed by atoms with van der Waals surface area (Å²) in [4.78, 5) is 5.73. The summed E-state index contributed by atoms with van der Waals surface area (Å²) in [6.45, 7) is 14.8. The molecular formula is C18H24BN3S. The Hall–Kier alpha value is -1.51. The topological polar surface area (TPSA) is 18.5 Å². The molecule has 3 rings (SSSR count). The number of anilines is 1. The van der Waals surface area contributed by atoms with E-state index in [0.29, 0.717) is 0 Å². The molecular weight excluding hydrogens is 301 g/mol. The average molecular weight is 325 g/mol. The monoisotopic (exact) mass is 325 g/mol. The standard InChI is InChI=1S/C18H24BN3S/c1-13(9-10-17(3,4)21(5)6)22-11-18(12-22)16(19-18)20-15-8-7-14(2)23-15/h7-8,20H,1,11-12H2,2-6H3. The van der Waals surface area contributed by atoms with Gasteiger partial charge in [0.2, 0.25) is 0 Å². The molecule has 2 aliphatic heterocycles. The van der Waals surface area contributed by atoms with Crippen molar-refractivity contribution >= 4 is 28.8 Å². The van der Waals surface area contributed by atoms with E-state index < -0.39 is 0 Å². The maximum atomic E-state index is 4.14. The average Bonchev–Trinajstić information content (AvgIpc) is 3.00. The molecule has 3 heterocycles. The number of thiophene rings is 1. The van der Waals surface area contributed by atoms with Gasteiger partial charge < -0.3 is 0 Å². The van der Waals surface area contributed by atoms with Crippen LogP contribution in [0.5, 0.6) is 0 Å². The number of aryl methyl sites for hydroxylation is 1. The minimum atomic E-state index is -0.132. The molecule has 1 saturated heterocycles. The fourth-order valence-electron chi connectivity index (χ4n) is 2.54. The van der Waals surface area contributed by atoms with E-state index in [2.05, 4.69) is 87.5 Å². The maximum absolute atomic E-state index is 4.14. The first-order valence-electron chi connectivity index (χ1n) is 7.93. The predicted octanol–water partition coefficient (Wildman–Crippen LogP) is 2.65. The summed E-state index contributed by atoms with van der Waals surface area (Å²) in [5.74, 6) is 6.55. The van der Waals surface area contributed by atoms with Gasteiger partial charge in [-0.05, 0) is 0 Å². The van der Waals surface area contributed by atoms with E-state index in [-0.39, 0.29) is 10.9 Å². The zero-order valence-corrected chi connectivity index (χ0v) is 15.5. The summed E-state index contributed by atoms with van der Waals surface area (Å²) in [5.41, 5.74) is 2.15. The van der Waals surface area contributed by atoms with Crippen LogP contribution in [0, 0.1) is 18.8 Å². The second-order valence-corrected chi connectivity index (χ2v) is 8.54. The number of hydrogen-bond acceptors (Lipinski definition) is 4. The Morgan fingerprint density at radius 1 is 1.43 bits per heavy atom. The molecule has 0 aromatic carbocycles. The van der Waals surface area contributed by atoms with Gasteiger partial charge in [-0.25, -0.2) is 0 Å². The van der Waals surface area contributed by atoms with E-state index in [4.69, 9.17) is 0 Å². The van der Waals surface area contributed by atoms with Crippen molar-refractivity contribution in [3.63, 3.8) is 0 Å². The minimum absolute atomic E-state index is 0.132. The Labute approximate surface area is 144 Å². The summed E-state index contributed by atoms with van der Waals surface area (Å²) < 4.78 is 0. The van der Waals surface area contributed by atoms with Gasteiger partial charge in [0.15, 0.2) is 0 Å². The summed E-state index contributed by atoms with van der Waals surface area (Å²) in [6, 6.07) is 4.30. The van der Waals surface area contributed by atoms with Crippen LogP contribution in [0.4, 0.5) is 5.00 Å². The number of allylic oxidation sites excluding steroid dienone is 1. The van der Waals surface area contributed by atoms with Gasteiger partial charge in [0.05, 0.1) is 0 Å². The summed E-state index contributed by atoms with van der Waals surface area (Å²) in [6.07, 6.45) is 0. The molecule has 1 aromatic rings. The normalized spacial score (nSPS) is 17.8. The quantitative estimate of drug-likeness (QED) is 0.678. The number of nitrogens with one attached hydrogen (secondary N) is 1. The molecule has 1 spiro atoms. The van der Waals surface area contributed by atoms with Gasteiger partial charge in [-0.2, -0.15) is 0 Å². The van der Waals surface area contributed by atoms with Gasteiger partial charge in [0.1, 0.15) is 0 Å². The molecule has 0 radical (unpaired) electrons. The zero-order chi connectivity index (χ0) is 16.8.